The van der Waals surface area contributed by atoms with Crippen molar-refractivity contribution in [3.8, 4) is 0 Å². The number of fused-ring (bicyclic) bond motifs is 1. The fourth-order valence-corrected chi connectivity index (χ4v) is 2.84. The van der Waals surface area contributed by atoms with E-state index in [0.717, 1.165) is 36.2 Å². The highest BCUT2D eigenvalue weighted by Gasteiger charge is 2.30. The number of likely N-dealkylation sites (tertiary alicyclic amines) is 1. The molecule has 3 rings (SSSR count). The van der Waals surface area contributed by atoms with Crippen molar-refractivity contribution in [2.75, 3.05) is 26.7 Å². The Hall–Kier alpha value is -1.36. The lowest BCUT2D eigenvalue weighted by atomic mass is 10.2. The highest BCUT2D eigenvalue weighted by atomic mass is 16.5. The zero-order valence-electron chi connectivity index (χ0n) is 11.2. The minimum Gasteiger partial charge on any atom is -0.459 e. The normalized spacial score (nSPS) is 22.1. The first-order valence-electron chi connectivity index (χ1n) is 6.77. The molecule has 2 heterocycles. The maximum Gasteiger partial charge on any atom is 0.134 e. The van der Waals surface area contributed by atoms with Crippen LogP contribution in [0, 0.1) is 0 Å². The molecule has 1 aromatic carbocycles. The van der Waals surface area contributed by atoms with E-state index in [0.29, 0.717) is 12.6 Å². The van der Waals surface area contributed by atoms with Gasteiger partial charge < -0.3 is 14.9 Å². The topological polar surface area (TPSA) is 51.6 Å². The molecule has 4 heteroatoms. The third kappa shape index (κ3) is 2.39. The third-order valence-corrected chi connectivity index (χ3v) is 3.95. The van der Waals surface area contributed by atoms with Crippen LogP contribution in [-0.2, 0) is 4.74 Å². The van der Waals surface area contributed by atoms with E-state index in [2.05, 4.69) is 17.0 Å². The first-order valence-corrected chi connectivity index (χ1v) is 6.77. The fourth-order valence-electron chi connectivity index (χ4n) is 2.84. The smallest absolute Gasteiger partial charge is 0.134 e. The van der Waals surface area contributed by atoms with E-state index in [4.69, 9.17) is 14.9 Å². The van der Waals surface area contributed by atoms with Crippen LogP contribution in [0.3, 0.4) is 0 Å². The summed E-state index contributed by atoms with van der Waals surface area (Å²) in [6.45, 7) is 2.50. The number of furan rings is 1. The first kappa shape index (κ1) is 12.7. The zero-order chi connectivity index (χ0) is 13.2. The fraction of sp³-hybridized carbons (Fsp3) is 0.467. The van der Waals surface area contributed by atoms with Gasteiger partial charge in [-0.25, -0.2) is 0 Å². The van der Waals surface area contributed by atoms with Gasteiger partial charge in [-0.1, -0.05) is 18.2 Å². The second kappa shape index (κ2) is 5.33. The summed E-state index contributed by atoms with van der Waals surface area (Å²) in [6.07, 6.45) is 1.38. The summed E-state index contributed by atoms with van der Waals surface area (Å²) in [5, 5.41) is 1.14. The summed E-state index contributed by atoms with van der Waals surface area (Å²) in [5.74, 6) is 0.959. The van der Waals surface area contributed by atoms with Gasteiger partial charge in [0.15, 0.2) is 0 Å². The number of nitrogens with two attached hydrogens (primary N) is 1. The number of hydrogen-bond donors (Lipinski definition) is 1. The van der Waals surface area contributed by atoms with Gasteiger partial charge in [0, 0.05) is 32.1 Å². The molecule has 4 nitrogen and oxygen atoms in total. The predicted molar refractivity (Wildman–Crippen MR) is 75.0 cm³/mol. The molecule has 1 aromatic heterocycles. The predicted octanol–water partition coefficient (Wildman–Crippen LogP) is 2.15. The first-order chi connectivity index (χ1) is 9.31. The van der Waals surface area contributed by atoms with Crippen LogP contribution < -0.4 is 5.73 Å². The zero-order valence-corrected chi connectivity index (χ0v) is 11.2. The van der Waals surface area contributed by atoms with Gasteiger partial charge in [-0.2, -0.15) is 0 Å². The summed E-state index contributed by atoms with van der Waals surface area (Å²) in [6, 6.07) is 10.3. The highest BCUT2D eigenvalue weighted by Crippen LogP contribution is 2.29. The minimum atomic E-state index is 0.146. The molecule has 0 radical (unpaired) electrons. The summed E-state index contributed by atoms with van der Waals surface area (Å²) < 4.78 is 11.4. The molecule has 0 saturated carbocycles. The average molecular weight is 260 g/mol. The van der Waals surface area contributed by atoms with Crippen LogP contribution in [0.15, 0.2) is 34.7 Å². The van der Waals surface area contributed by atoms with Crippen LogP contribution in [0.25, 0.3) is 11.0 Å². The van der Waals surface area contributed by atoms with Gasteiger partial charge in [-0.05, 0) is 18.6 Å². The van der Waals surface area contributed by atoms with Crippen molar-refractivity contribution >= 4 is 11.0 Å². The molecule has 102 valence electrons. The van der Waals surface area contributed by atoms with Crippen LogP contribution in [0.2, 0.25) is 0 Å². The molecular formula is C15H20N2O2. The van der Waals surface area contributed by atoms with Crippen molar-refractivity contribution in [1.29, 1.82) is 0 Å². The van der Waals surface area contributed by atoms with E-state index in [-0.39, 0.29) is 6.04 Å². The van der Waals surface area contributed by atoms with Crippen molar-refractivity contribution in [1.82, 2.24) is 4.90 Å². The van der Waals surface area contributed by atoms with Gasteiger partial charge in [-0.3, -0.25) is 4.90 Å². The Balaban J connectivity index is 1.85. The van der Waals surface area contributed by atoms with Crippen molar-refractivity contribution in [3.05, 3.63) is 36.1 Å². The minimum absolute atomic E-state index is 0.146. The molecule has 0 bridgehead atoms. The van der Waals surface area contributed by atoms with Gasteiger partial charge in [0.25, 0.3) is 0 Å². The number of nitrogens with zero attached hydrogens (tertiary/aromatic N) is 1. The Labute approximate surface area is 113 Å². The lowest BCUT2D eigenvalue weighted by Crippen LogP contribution is -2.32. The molecular weight excluding hydrogens is 240 g/mol. The van der Waals surface area contributed by atoms with Crippen LogP contribution in [0.4, 0.5) is 0 Å². The molecule has 1 aliphatic heterocycles. The Bertz CT molecular complexity index is 519. The molecule has 19 heavy (non-hydrogen) atoms. The summed E-state index contributed by atoms with van der Waals surface area (Å²) >= 11 is 0. The molecule has 0 aliphatic carbocycles. The van der Waals surface area contributed by atoms with E-state index in [1.54, 1.807) is 7.11 Å². The Morgan fingerprint density at radius 1 is 1.47 bits per heavy atom. The Morgan fingerprint density at radius 3 is 3.00 bits per heavy atom. The Morgan fingerprint density at radius 2 is 2.32 bits per heavy atom. The number of rotatable bonds is 4. The lowest BCUT2D eigenvalue weighted by Gasteiger charge is -2.24. The lowest BCUT2D eigenvalue weighted by molar-refractivity contribution is 0.0992. The third-order valence-electron chi connectivity index (χ3n) is 3.95. The summed E-state index contributed by atoms with van der Waals surface area (Å²) in [4.78, 5) is 2.35. The average Bonchev–Trinajstić information content (AvgIpc) is 3.05. The van der Waals surface area contributed by atoms with Crippen LogP contribution in [0.1, 0.15) is 18.2 Å². The van der Waals surface area contributed by atoms with Crippen molar-refractivity contribution < 1.29 is 9.15 Å². The highest BCUT2D eigenvalue weighted by molar-refractivity contribution is 5.77. The van der Waals surface area contributed by atoms with E-state index in [9.17, 15) is 0 Å². The number of methoxy groups -OCH3 is 1. The van der Waals surface area contributed by atoms with Crippen molar-refractivity contribution in [3.63, 3.8) is 0 Å². The summed E-state index contributed by atoms with van der Waals surface area (Å²) in [7, 11) is 1.77. The van der Waals surface area contributed by atoms with Gasteiger partial charge in [0.2, 0.25) is 0 Å². The van der Waals surface area contributed by atoms with Crippen LogP contribution >= 0.6 is 0 Å². The number of hydrogen-bond acceptors (Lipinski definition) is 4. The summed E-state index contributed by atoms with van der Waals surface area (Å²) in [5.41, 5.74) is 6.88. The largest absolute Gasteiger partial charge is 0.459 e. The van der Waals surface area contributed by atoms with Crippen molar-refractivity contribution in [2.45, 2.75) is 18.6 Å². The van der Waals surface area contributed by atoms with Gasteiger partial charge in [0.1, 0.15) is 11.3 Å². The van der Waals surface area contributed by atoms with Crippen LogP contribution in [-0.4, -0.2) is 37.7 Å². The maximum atomic E-state index is 5.95. The Kier molecular flexibility index (Phi) is 3.55. The molecule has 0 spiro atoms. The maximum absolute atomic E-state index is 5.95. The SMILES string of the molecule is COC1CCN(C(CN)c2cc3ccccc3o2)C1. The van der Waals surface area contributed by atoms with Crippen molar-refractivity contribution in [2.24, 2.45) is 5.73 Å². The molecule has 1 aliphatic rings. The van der Waals surface area contributed by atoms with Crippen LogP contribution in [0.5, 0.6) is 0 Å². The van der Waals surface area contributed by atoms with Gasteiger partial charge in [-0.15, -0.1) is 0 Å². The van der Waals surface area contributed by atoms with E-state index in [1.165, 1.54) is 0 Å². The second-order valence-electron chi connectivity index (χ2n) is 5.08. The molecule has 0 amide bonds. The quantitative estimate of drug-likeness (QED) is 0.915. The second-order valence-corrected chi connectivity index (χ2v) is 5.08. The number of benzene rings is 1. The molecule has 2 atom stereocenters. The number of para-hydroxylation sites is 1. The molecule has 1 fully saturated rings. The van der Waals surface area contributed by atoms with E-state index < -0.39 is 0 Å². The molecule has 1 saturated heterocycles. The van der Waals surface area contributed by atoms with E-state index >= 15 is 0 Å². The monoisotopic (exact) mass is 260 g/mol. The van der Waals surface area contributed by atoms with E-state index in [1.807, 2.05) is 18.2 Å². The molecule has 2 aromatic rings. The standard InChI is InChI=1S/C15H20N2O2/c1-18-12-6-7-17(10-12)13(9-16)15-8-11-4-2-3-5-14(11)19-15/h2-5,8,12-13H,6-7,9-10,16H2,1H3. The molecule has 2 unspecified atom stereocenters. The molecule has 2 N–H and O–H groups in total. The number of ether oxygens (including phenoxy) is 1. The van der Waals surface area contributed by atoms with Gasteiger partial charge >= 0.3 is 0 Å². The van der Waals surface area contributed by atoms with Gasteiger partial charge in [0.05, 0.1) is 12.1 Å².